The smallest absolute Gasteiger partial charge is 0.0686 e. The Morgan fingerprint density at radius 3 is 2.33 bits per heavy atom. The molecule has 0 aliphatic carbocycles. The molecule has 0 N–H and O–H groups in total. The van der Waals surface area contributed by atoms with E-state index in [0.717, 1.165) is 5.08 Å². The van der Waals surface area contributed by atoms with Crippen LogP contribution >= 0.6 is 11.8 Å². The van der Waals surface area contributed by atoms with E-state index in [4.69, 9.17) is 0 Å². The average molecular weight is 124 g/mol. The van der Waals surface area contributed by atoms with Crippen molar-refractivity contribution in [2.24, 2.45) is 0 Å². The Labute approximate surface area is 45.0 Å². The summed E-state index contributed by atoms with van der Waals surface area (Å²) in [6, 6.07) is 0. The topological polar surface area (TPSA) is 17.1 Å². The van der Waals surface area contributed by atoms with E-state index < -0.39 is 10.8 Å². The van der Waals surface area contributed by atoms with E-state index >= 15 is 0 Å². The van der Waals surface area contributed by atoms with Gasteiger partial charge in [-0.05, 0) is 6.26 Å². The van der Waals surface area contributed by atoms with Crippen LogP contribution in [-0.4, -0.2) is 21.8 Å². The normalized spacial score (nSPS) is 14.3. The minimum atomic E-state index is -0.603. The average Bonchev–Trinajstić information content (AvgIpc) is 1.35. The van der Waals surface area contributed by atoms with Crippen molar-refractivity contribution in [3.8, 4) is 0 Å². The van der Waals surface area contributed by atoms with Gasteiger partial charge in [0.2, 0.25) is 0 Å². The van der Waals surface area contributed by atoms with Crippen molar-refractivity contribution in [3.63, 3.8) is 0 Å². The van der Waals surface area contributed by atoms with Crippen molar-refractivity contribution in [2.75, 3.05) is 17.6 Å². The van der Waals surface area contributed by atoms with E-state index in [0.29, 0.717) is 0 Å². The molecule has 0 fully saturated rings. The lowest BCUT2D eigenvalue weighted by atomic mass is 11.9. The zero-order valence-corrected chi connectivity index (χ0v) is 5.56. The van der Waals surface area contributed by atoms with E-state index in [1.807, 2.05) is 6.26 Å². The lowest BCUT2D eigenvalue weighted by molar-refractivity contribution is 0.689. The van der Waals surface area contributed by atoms with Gasteiger partial charge in [-0.15, -0.1) is 0 Å². The van der Waals surface area contributed by atoms with E-state index in [2.05, 4.69) is 0 Å². The van der Waals surface area contributed by atoms with Gasteiger partial charge in [-0.1, -0.05) is 0 Å². The molecule has 1 atom stereocenters. The molecule has 0 amide bonds. The largest absolute Gasteiger partial charge is 0.259 e. The number of hydrogen-bond acceptors (Lipinski definition) is 2. The van der Waals surface area contributed by atoms with Crippen molar-refractivity contribution in [1.29, 1.82) is 0 Å². The van der Waals surface area contributed by atoms with Crippen LogP contribution in [0.5, 0.6) is 0 Å². The van der Waals surface area contributed by atoms with E-state index in [-0.39, 0.29) is 0 Å². The molecule has 0 bridgehead atoms. The predicted molar refractivity (Wildman–Crippen MR) is 32.4 cm³/mol. The second kappa shape index (κ2) is 3.68. The highest BCUT2D eigenvalue weighted by molar-refractivity contribution is 8.09. The first-order chi connectivity index (χ1) is 2.77. The molecule has 0 spiro atoms. The van der Waals surface area contributed by atoms with Gasteiger partial charge < -0.3 is 0 Å². The minimum Gasteiger partial charge on any atom is -0.259 e. The fourth-order valence-electron chi connectivity index (χ4n) is 0.166. The van der Waals surface area contributed by atoms with Crippen LogP contribution in [0.2, 0.25) is 0 Å². The summed E-state index contributed by atoms with van der Waals surface area (Å²) in [4.78, 5) is 0. The van der Waals surface area contributed by atoms with Crippen molar-refractivity contribution in [3.05, 3.63) is 0 Å². The van der Waals surface area contributed by atoms with Gasteiger partial charge in [0.15, 0.2) is 0 Å². The van der Waals surface area contributed by atoms with Crippen LogP contribution < -0.4 is 0 Å². The molecule has 0 aromatic rings. The summed E-state index contributed by atoms with van der Waals surface area (Å²) < 4.78 is 10.1. The molecule has 38 valence electrons. The number of hydrogen-bond donors (Lipinski definition) is 0. The zero-order chi connectivity index (χ0) is 4.99. The van der Waals surface area contributed by atoms with Crippen LogP contribution in [0.15, 0.2) is 0 Å². The maximum Gasteiger partial charge on any atom is 0.0686 e. The van der Waals surface area contributed by atoms with Gasteiger partial charge in [-0.25, -0.2) is 0 Å². The van der Waals surface area contributed by atoms with Crippen LogP contribution in [0, 0.1) is 0 Å². The third-order valence-corrected chi connectivity index (χ3v) is 2.55. The van der Waals surface area contributed by atoms with Crippen LogP contribution in [0.25, 0.3) is 0 Å². The third kappa shape index (κ3) is 4.50. The fraction of sp³-hybridized carbons (Fsp3) is 1.00. The Kier molecular flexibility index (Phi) is 3.99. The van der Waals surface area contributed by atoms with Crippen LogP contribution in [0.3, 0.4) is 0 Å². The van der Waals surface area contributed by atoms with Crippen molar-refractivity contribution in [2.45, 2.75) is 0 Å². The summed E-state index contributed by atoms with van der Waals surface area (Å²) in [5.41, 5.74) is 0. The van der Waals surface area contributed by atoms with E-state index in [9.17, 15) is 4.21 Å². The second-order valence-corrected chi connectivity index (χ2v) is 3.65. The molecule has 0 aromatic carbocycles. The highest BCUT2D eigenvalue weighted by atomic mass is 32.2. The Morgan fingerprint density at radius 2 is 2.33 bits per heavy atom. The maximum absolute atomic E-state index is 10.1. The highest BCUT2D eigenvalue weighted by Crippen LogP contribution is 1.91. The lowest BCUT2D eigenvalue weighted by Crippen LogP contribution is -1.84. The van der Waals surface area contributed by atoms with Crippen molar-refractivity contribution < 1.29 is 4.21 Å². The number of thioether (sulfide) groups is 1. The van der Waals surface area contributed by atoms with Crippen LogP contribution in [0.4, 0.5) is 0 Å². The quantitative estimate of drug-likeness (QED) is 0.538. The molecule has 0 saturated carbocycles. The second-order valence-electron chi connectivity index (χ2n) is 0.980. The van der Waals surface area contributed by atoms with Gasteiger partial charge in [0.25, 0.3) is 0 Å². The van der Waals surface area contributed by atoms with E-state index in [1.54, 1.807) is 18.0 Å². The zero-order valence-electron chi connectivity index (χ0n) is 3.93. The summed E-state index contributed by atoms with van der Waals surface area (Å²) in [7, 11) is -0.603. The lowest BCUT2D eigenvalue weighted by Gasteiger charge is -1.83. The standard InChI is InChI=1S/C3H8OS2/c1-5-3-6(2)4/h3H2,1-2H3/t6-/m0/s1. The summed E-state index contributed by atoms with van der Waals surface area (Å²) >= 11 is 1.61. The van der Waals surface area contributed by atoms with Gasteiger partial charge in [0.1, 0.15) is 0 Å². The molecule has 0 rings (SSSR count). The SMILES string of the molecule is CSC[S@](C)=O. The minimum absolute atomic E-state index is 0.603. The molecule has 0 aromatic heterocycles. The molecule has 3 heteroatoms. The molecule has 0 aliphatic rings. The maximum atomic E-state index is 10.1. The molecule has 0 saturated heterocycles. The summed E-state index contributed by atoms with van der Waals surface area (Å²) in [6.45, 7) is 0. The molecule has 0 radical (unpaired) electrons. The van der Waals surface area contributed by atoms with Gasteiger partial charge in [0.05, 0.1) is 5.08 Å². The Morgan fingerprint density at radius 1 is 1.83 bits per heavy atom. The van der Waals surface area contributed by atoms with Crippen LogP contribution in [0.1, 0.15) is 0 Å². The molecule has 1 nitrogen and oxygen atoms in total. The summed E-state index contributed by atoms with van der Waals surface area (Å²) in [6.07, 6.45) is 3.65. The van der Waals surface area contributed by atoms with Gasteiger partial charge in [0, 0.05) is 17.1 Å². The molecular weight excluding hydrogens is 116 g/mol. The molecule has 0 aliphatic heterocycles. The highest BCUT2D eigenvalue weighted by Gasteiger charge is 1.81. The molecular formula is C3H8OS2. The van der Waals surface area contributed by atoms with Gasteiger partial charge >= 0.3 is 0 Å². The summed E-state index contributed by atoms with van der Waals surface area (Å²) in [5, 5.41) is 0.764. The van der Waals surface area contributed by atoms with Gasteiger partial charge in [-0.3, -0.25) is 4.21 Å². The first kappa shape index (κ1) is 6.50. The molecule has 0 heterocycles. The van der Waals surface area contributed by atoms with E-state index in [1.165, 1.54) is 0 Å². The Hall–Kier alpha value is 0.500. The molecule has 0 unspecified atom stereocenters. The Balaban J connectivity index is 2.83. The van der Waals surface area contributed by atoms with Crippen molar-refractivity contribution in [1.82, 2.24) is 0 Å². The monoisotopic (exact) mass is 124 g/mol. The first-order valence-electron chi connectivity index (χ1n) is 1.56. The summed E-state index contributed by atoms with van der Waals surface area (Å²) in [5.74, 6) is 0. The third-order valence-electron chi connectivity index (χ3n) is 0.284. The van der Waals surface area contributed by atoms with Gasteiger partial charge in [-0.2, -0.15) is 11.8 Å². The Bertz CT molecular complexity index is 52.8. The number of rotatable bonds is 2. The fourth-order valence-corrected chi connectivity index (χ4v) is 1.49. The first-order valence-corrected chi connectivity index (χ1v) is 4.68. The predicted octanol–water partition coefficient (Wildman–Crippen LogP) is 0.685. The van der Waals surface area contributed by atoms with Crippen molar-refractivity contribution >= 4 is 22.6 Å². The molecule has 6 heavy (non-hydrogen) atoms. The van der Waals surface area contributed by atoms with Crippen LogP contribution in [-0.2, 0) is 10.8 Å².